The van der Waals surface area contributed by atoms with Crippen LogP contribution < -0.4 is 4.90 Å². The molecule has 2 aromatic heterocycles. The summed E-state index contributed by atoms with van der Waals surface area (Å²) in [5.74, 6) is 1.39. The van der Waals surface area contributed by atoms with Crippen LogP contribution in [0.2, 0.25) is 0 Å². The van der Waals surface area contributed by atoms with Gasteiger partial charge in [-0.15, -0.1) is 10.2 Å². The summed E-state index contributed by atoms with van der Waals surface area (Å²) >= 11 is 0. The molecule has 156 valence electrons. The molecule has 0 bridgehead atoms. The lowest BCUT2D eigenvalue weighted by molar-refractivity contribution is -0.137. The smallest absolute Gasteiger partial charge is 0.227 e. The van der Waals surface area contributed by atoms with Crippen LogP contribution >= 0.6 is 0 Å². The summed E-state index contributed by atoms with van der Waals surface area (Å²) in [6, 6.07) is 5.60. The van der Waals surface area contributed by atoms with E-state index in [1.807, 2.05) is 24.4 Å². The van der Waals surface area contributed by atoms with Gasteiger partial charge in [0.15, 0.2) is 11.6 Å². The Labute approximate surface area is 170 Å². The van der Waals surface area contributed by atoms with Gasteiger partial charge in [0.1, 0.15) is 0 Å². The first-order valence-electron chi connectivity index (χ1n) is 9.74. The van der Waals surface area contributed by atoms with E-state index >= 15 is 0 Å². The van der Waals surface area contributed by atoms with Gasteiger partial charge in [-0.1, -0.05) is 0 Å². The van der Waals surface area contributed by atoms with E-state index < -0.39 is 10.0 Å². The van der Waals surface area contributed by atoms with Gasteiger partial charge in [-0.3, -0.25) is 4.79 Å². The molecule has 0 N–H and O–H groups in total. The lowest BCUT2D eigenvalue weighted by Gasteiger charge is -2.38. The second-order valence-electron chi connectivity index (χ2n) is 7.47. The average molecular weight is 420 g/mol. The van der Waals surface area contributed by atoms with Gasteiger partial charge in [0, 0.05) is 51.7 Å². The lowest BCUT2D eigenvalue weighted by Crippen LogP contribution is -2.53. The fraction of sp³-hybridized carbons (Fsp3) is 0.556. The molecule has 11 heteroatoms. The molecule has 2 aromatic rings. The highest BCUT2D eigenvalue weighted by Crippen LogP contribution is 2.24. The molecule has 0 aromatic carbocycles. The van der Waals surface area contributed by atoms with E-state index in [1.165, 1.54) is 10.6 Å². The second kappa shape index (κ2) is 8.07. The number of anilines is 1. The molecule has 1 amide bonds. The van der Waals surface area contributed by atoms with E-state index in [9.17, 15) is 13.2 Å². The third-order valence-corrected chi connectivity index (χ3v) is 6.79. The Bertz CT molecular complexity index is 938. The van der Waals surface area contributed by atoms with Crippen molar-refractivity contribution in [3.05, 3.63) is 30.6 Å². The van der Waals surface area contributed by atoms with E-state index in [-0.39, 0.29) is 11.8 Å². The van der Waals surface area contributed by atoms with Crippen molar-refractivity contribution in [2.24, 2.45) is 5.92 Å². The number of piperidine rings is 1. The number of piperazine rings is 1. The van der Waals surface area contributed by atoms with Crippen molar-refractivity contribution in [3.63, 3.8) is 0 Å². The second-order valence-corrected chi connectivity index (χ2v) is 9.46. The summed E-state index contributed by atoms with van der Waals surface area (Å²) in [5, 5.41) is 12.7. The zero-order valence-electron chi connectivity index (χ0n) is 16.4. The molecule has 2 saturated heterocycles. The van der Waals surface area contributed by atoms with Crippen LogP contribution in [0, 0.1) is 5.92 Å². The maximum Gasteiger partial charge on any atom is 0.227 e. The van der Waals surface area contributed by atoms with Crippen molar-refractivity contribution in [1.82, 2.24) is 29.2 Å². The number of hydrogen-bond acceptors (Lipinski definition) is 7. The van der Waals surface area contributed by atoms with Gasteiger partial charge in [0.05, 0.1) is 12.2 Å². The average Bonchev–Trinajstić information content (AvgIpc) is 3.28. The van der Waals surface area contributed by atoms with Crippen LogP contribution in [0.25, 0.3) is 5.82 Å². The zero-order chi connectivity index (χ0) is 20.4. The van der Waals surface area contributed by atoms with Crippen molar-refractivity contribution >= 4 is 21.7 Å². The minimum atomic E-state index is -3.20. The van der Waals surface area contributed by atoms with Crippen LogP contribution in [0.1, 0.15) is 12.8 Å². The highest BCUT2D eigenvalue weighted by Gasteiger charge is 2.33. The zero-order valence-corrected chi connectivity index (χ0v) is 17.2. The van der Waals surface area contributed by atoms with Gasteiger partial charge in [0.25, 0.3) is 0 Å². The van der Waals surface area contributed by atoms with Gasteiger partial charge >= 0.3 is 0 Å². The van der Waals surface area contributed by atoms with E-state index in [0.717, 1.165) is 25.2 Å². The van der Waals surface area contributed by atoms with Gasteiger partial charge in [0.2, 0.25) is 15.9 Å². The highest BCUT2D eigenvalue weighted by molar-refractivity contribution is 7.88. The quantitative estimate of drug-likeness (QED) is 0.686. The molecule has 2 aliphatic heterocycles. The molecule has 0 radical (unpaired) electrons. The molecule has 0 unspecified atom stereocenters. The molecular formula is C18H25N7O3S. The first kappa shape index (κ1) is 19.8. The van der Waals surface area contributed by atoms with E-state index in [1.54, 1.807) is 15.8 Å². The van der Waals surface area contributed by atoms with Crippen molar-refractivity contribution in [3.8, 4) is 5.82 Å². The molecule has 29 heavy (non-hydrogen) atoms. The largest absolute Gasteiger partial charge is 0.354 e. The number of aromatic nitrogens is 4. The fourth-order valence-corrected chi connectivity index (χ4v) is 4.73. The summed E-state index contributed by atoms with van der Waals surface area (Å²) in [6.07, 6.45) is 6.44. The topological polar surface area (TPSA) is 105 Å². The van der Waals surface area contributed by atoms with Crippen LogP contribution in [0.3, 0.4) is 0 Å². The summed E-state index contributed by atoms with van der Waals surface area (Å²) in [7, 11) is -3.20. The number of rotatable bonds is 4. The van der Waals surface area contributed by atoms with Crippen molar-refractivity contribution in [2.75, 3.05) is 50.4 Å². The SMILES string of the molecule is CS(=O)(=O)N1CCN(C(=O)[C@@H]2CCCN(c3ccc(-n4cccn4)nn3)C2)CC1. The Kier molecular flexibility index (Phi) is 5.50. The number of carbonyl (C=O) groups excluding carboxylic acids is 1. The van der Waals surface area contributed by atoms with Crippen LogP contribution in [0.15, 0.2) is 30.6 Å². The fourth-order valence-electron chi connectivity index (χ4n) is 3.90. The van der Waals surface area contributed by atoms with Gasteiger partial charge < -0.3 is 9.80 Å². The van der Waals surface area contributed by atoms with Gasteiger partial charge in [-0.05, 0) is 31.0 Å². The highest BCUT2D eigenvalue weighted by atomic mass is 32.2. The Morgan fingerprint density at radius 3 is 2.41 bits per heavy atom. The molecule has 2 fully saturated rings. The molecular weight excluding hydrogens is 394 g/mol. The molecule has 0 spiro atoms. The number of nitrogens with zero attached hydrogens (tertiary/aromatic N) is 7. The van der Waals surface area contributed by atoms with E-state index in [0.29, 0.717) is 38.5 Å². The maximum atomic E-state index is 13.0. The Balaban J connectivity index is 1.37. The molecule has 10 nitrogen and oxygen atoms in total. The maximum absolute atomic E-state index is 13.0. The van der Waals surface area contributed by atoms with Gasteiger partial charge in [-0.2, -0.15) is 9.40 Å². The summed E-state index contributed by atoms with van der Waals surface area (Å²) in [5.41, 5.74) is 0. The van der Waals surface area contributed by atoms with Crippen molar-refractivity contribution in [1.29, 1.82) is 0 Å². The third-order valence-electron chi connectivity index (χ3n) is 5.49. The molecule has 0 aliphatic carbocycles. The van der Waals surface area contributed by atoms with Crippen molar-refractivity contribution in [2.45, 2.75) is 12.8 Å². The van der Waals surface area contributed by atoms with E-state index in [2.05, 4.69) is 20.2 Å². The molecule has 4 heterocycles. The van der Waals surface area contributed by atoms with Crippen LogP contribution in [0.4, 0.5) is 5.82 Å². The van der Waals surface area contributed by atoms with Crippen LogP contribution in [0.5, 0.6) is 0 Å². The Hall–Kier alpha value is -2.53. The summed E-state index contributed by atoms with van der Waals surface area (Å²) < 4.78 is 26.4. The first-order chi connectivity index (χ1) is 13.9. The Morgan fingerprint density at radius 2 is 1.79 bits per heavy atom. The van der Waals surface area contributed by atoms with Crippen LogP contribution in [-0.4, -0.2) is 89.0 Å². The van der Waals surface area contributed by atoms with Crippen LogP contribution in [-0.2, 0) is 14.8 Å². The summed E-state index contributed by atoms with van der Waals surface area (Å²) in [6.45, 7) is 3.05. The number of sulfonamides is 1. The van der Waals surface area contributed by atoms with Gasteiger partial charge in [-0.25, -0.2) is 13.1 Å². The standard InChI is InChI=1S/C18H25N7O3S/c1-29(27,28)24-12-10-22(11-13-24)18(26)15-4-2-8-23(14-15)16-5-6-17(21-20-16)25-9-3-7-19-25/h3,5-7,9,15H,2,4,8,10-14H2,1H3/t15-/m1/s1. The molecule has 2 aliphatic rings. The minimum absolute atomic E-state index is 0.101. The number of amides is 1. The minimum Gasteiger partial charge on any atom is -0.354 e. The van der Waals surface area contributed by atoms with E-state index in [4.69, 9.17) is 0 Å². The number of carbonyl (C=O) groups is 1. The normalized spacial score (nSPS) is 21.3. The molecule has 0 saturated carbocycles. The lowest BCUT2D eigenvalue weighted by atomic mass is 9.96. The third kappa shape index (κ3) is 4.40. The monoisotopic (exact) mass is 419 g/mol. The molecule has 4 rings (SSSR count). The predicted molar refractivity (Wildman–Crippen MR) is 107 cm³/mol. The summed E-state index contributed by atoms with van der Waals surface area (Å²) in [4.78, 5) is 16.9. The first-order valence-corrected chi connectivity index (χ1v) is 11.6. The number of hydrogen-bond donors (Lipinski definition) is 0. The predicted octanol–water partition coefficient (Wildman–Crippen LogP) is -0.0175. The van der Waals surface area contributed by atoms with Crippen molar-refractivity contribution < 1.29 is 13.2 Å². The Morgan fingerprint density at radius 1 is 1.07 bits per heavy atom. The molecule has 1 atom stereocenters.